The highest BCUT2D eigenvalue weighted by Gasteiger charge is 2.15. The second-order valence-electron chi connectivity index (χ2n) is 7.16. The fraction of sp³-hybridized carbons (Fsp3) is 0.545. The molecule has 6 nitrogen and oxygen atoms in total. The number of aryl methyl sites for hydroxylation is 1. The van der Waals surface area contributed by atoms with Gasteiger partial charge in [0, 0.05) is 50.2 Å². The van der Waals surface area contributed by atoms with Crippen molar-refractivity contribution in [3.8, 4) is 10.6 Å². The fourth-order valence-electron chi connectivity index (χ4n) is 3.05. The zero-order valence-corrected chi connectivity index (χ0v) is 18.3. The van der Waals surface area contributed by atoms with Crippen molar-refractivity contribution in [2.24, 2.45) is 4.99 Å². The minimum atomic E-state index is 0.272. The van der Waals surface area contributed by atoms with Crippen LogP contribution in [0.15, 0.2) is 34.6 Å². The monoisotopic (exact) mass is 416 g/mol. The highest BCUT2D eigenvalue weighted by Crippen LogP contribution is 2.24. The van der Waals surface area contributed by atoms with Crippen molar-refractivity contribution in [2.45, 2.75) is 39.2 Å². The number of rotatable bonds is 10. The van der Waals surface area contributed by atoms with E-state index in [1.165, 1.54) is 11.1 Å². The van der Waals surface area contributed by atoms with E-state index in [9.17, 15) is 0 Å². The molecule has 1 atom stereocenters. The van der Waals surface area contributed by atoms with E-state index in [0.717, 1.165) is 75.4 Å². The van der Waals surface area contributed by atoms with Gasteiger partial charge in [-0.3, -0.25) is 4.99 Å². The van der Waals surface area contributed by atoms with Gasteiger partial charge < -0.3 is 20.1 Å². The van der Waals surface area contributed by atoms with Crippen LogP contribution in [0.5, 0.6) is 0 Å². The third kappa shape index (κ3) is 7.42. The predicted octanol–water partition coefficient (Wildman–Crippen LogP) is 3.41. The van der Waals surface area contributed by atoms with Crippen LogP contribution in [0.1, 0.15) is 31.0 Å². The molecule has 1 fully saturated rings. The second-order valence-corrected chi connectivity index (χ2v) is 8.02. The molecule has 7 heteroatoms. The lowest BCUT2D eigenvalue weighted by molar-refractivity contribution is 0.0424. The van der Waals surface area contributed by atoms with Gasteiger partial charge in [0.05, 0.1) is 18.4 Å². The molecular formula is C22H32N4O2S. The van der Waals surface area contributed by atoms with Crippen LogP contribution in [0.4, 0.5) is 0 Å². The number of ether oxygens (including phenoxy) is 2. The van der Waals surface area contributed by atoms with Crippen LogP contribution in [-0.4, -0.2) is 56.5 Å². The molecule has 0 spiro atoms. The highest BCUT2D eigenvalue weighted by atomic mass is 32.1. The van der Waals surface area contributed by atoms with Crippen LogP contribution in [0.3, 0.4) is 0 Å². The quantitative estimate of drug-likeness (QED) is 0.353. The Hall–Kier alpha value is -1.96. The number of hydrogen-bond donors (Lipinski definition) is 2. The van der Waals surface area contributed by atoms with Crippen LogP contribution in [0.25, 0.3) is 10.6 Å². The Bertz CT molecular complexity index is 754. The summed E-state index contributed by atoms with van der Waals surface area (Å²) in [6.45, 7) is 8.86. The van der Waals surface area contributed by atoms with Gasteiger partial charge in [0.15, 0.2) is 5.96 Å². The van der Waals surface area contributed by atoms with E-state index in [4.69, 9.17) is 14.5 Å². The minimum Gasteiger partial charge on any atom is -0.379 e. The zero-order valence-electron chi connectivity index (χ0n) is 17.4. The number of aromatic nitrogens is 1. The maximum absolute atomic E-state index is 5.79. The van der Waals surface area contributed by atoms with Gasteiger partial charge in [-0.25, -0.2) is 4.98 Å². The van der Waals surface area contributed by atoms with Crippen molar-refractivity contribution in [1.29, 1.82) is 0 Å². The van der Waals surface area contributed by atoms with Gasteiger partial charge >= 0.3 is 0 Å². The van der Waals surface area contributed by atoms with Crippen LogP contribution >= 0.6 is 11.3 Å². The lowest BCUT2D eigenvalue weighted by Crippen LogP contribution is -2.38. The summed E-state index contributed by atoms with van der Waals surface area (Å²) < 4.78 is 11.1. The number of aliphatic imine (C=N–C) groups is 1. The van der Waals surface area contributed by atoms with Crippen LogP contribution in [-0.2, 0) is 15.9 Å². The molecule has 0 amide bonds. The number of guanidine groups is 1. The van der Waals surface area contributed by atoms with Gasteiger partial charge in [-0.15, -0.1) is 11.3 Å². The number of thiazole rings is 1. The van der Waals surface area contributed by atoms with Crippen molar-refractivity contribution in [2.75, 3.05) is 39.5 Å². The first kappa shape index (κ1) is 21.7. The minimum absolute atomic E-state index is 0.272. The SMILES string of the molecule is CCNC(=NCCCOC1CCOC1)NCCc1csc(-c2ccc(C)cc2)n1. The van der Waals surface area contributed by atoms with E-state index < -0.39 is 0 Å². The van der Waals surface area contributed by atoms with Crippen LogP contribution < -0.4 is 10.6 Å². The summed E-state index contributed by atoms with van der Waals surface area (Å²) in [7, 11) is 0. The number of nitrogens with zero attached hydrogens (tertiary/aromatic N) is 2. The first-order valence-corrected chi connectivity index (χ1v) is 11.4. The van der Waals surface area contributed by atoms with Crippen molar-refractivity contribution in [3.05, 3.63) is 40.9 Å². The Morgan fingerprint density at radius 1 is 1.31 bits per heavy atom. The molecule has 2 N–H and O–H groups in total. The summed E-state index contributed by atoms with van der Waals surface area (Å²) >= 11 is 1.70. The van der Waals surface area contributed by atoms with Gasteiger partial charge in [-0.05, 0) is 26.7 Å². The number of benzene rings is 1. The smallest absolute Gasteiger partial charge is 0.191 e. The molecule has 0 bridgehead atoms. The molecule has 1 aliphatic heterocycles. The molecule has 0 aliphatic carbocycles. The molecule has 29 heavy (non-hydrogen) atoms. The number of hydrogen-bond acceptors (Lipinski definition) is 5. The molecule has 0 radical (unpaired) electrons. The topological polar surface area (TPSA) is 67.8 Å². The Morgan fingerprint density at radius 2 is 2.17 bits per heavy atom. The van der Waals surface area contributed by atoms with E-state index in [0.29, 0.717) is 0 Å². The molecule has 1 unspecified atom stereocenters. The van der Waals surface area contributed by atoms with Crippen molar-refractivity contribution >= 4 is 17.3 Å². The fourth-order valence-corrected chi connectivity index (χ4v) is 3.91. The van der Waals surface area contributed by atoms with E-state index in [-0.39, 0.29) is 6.10 Å². The molecule has 2 aromatic rings. The third-order valence-electron chi connectivity index (χ3n) is 4.68. The summed E-state index contributed by atoms with van der Waals surface area (Å²) in [6, 6.07) is 8.53. The van der Waals surface area contributed by atoms with Gasteiger partial charge in [-0.1, -0.05) is 29.8 Å². The lowest BCUT2D eigenvalue weighted by Gasteiger charge is -2.11. The van der Waals surface area contributed by atoms with Crippen molar-refractivity contribution < 1.29 is 9.47 Å². The average Bonchev–Trinajstić information content (AvgIpc) is 3.40. The summed E-state index contributed by atoms with van der Waals surface area (Å²) in [5.74, 6) is 0.852. The second kappa shape index (κ2) is 11.9. The van der Waals surface area contributed by atoms with E-state index in [2.05, 4.69) is 59.1 Å². The van der Waals surface area contributed by atoms with Crippen LogP contribution in [0.2, 0.25) is 0 Å². The summed E-state index contributed by atoms with van der Waals surface area (Å²) in [5, 5.41) is 9.92. The first-order chi connectivity index (χ1) is 14.2. The van der Waals surface area contributed by atoms with E-state index in [1.807, 2.05) is 0 Å². The Morgan fingerprint density at radius 3 is 2.93 bits per heavy atom. The molecule has 0 saturated carbocycles. The molecule has 1 saturated heterocycles. The molecular weight excluding hydrogens is 384 g/mol. The zero-order chi connectivity index (χ0) is 20.3. The van der Waals surface area contributed by atoms with Gasteiger partial charge in [0.2, 0.25) is 0 Å². The van der Waals surface area contributed by atoms with Gasteiger partial charge in [-0.2, -0.15) is 0 Å². The normalized spacial score (nSPS) is 16.9. The summed E-state index contributed by atoms with van der Waals surface area (Å²) in [6.07, 6.45) is 3.07. The van der Waals surface area contributed by atoms with Crippen LogP contribution in [0, 0.1) is 6.92 Å². The van der Waals surface area contributed by atoms with Gasteiger partial charge in [0.25, 0.3) is 0 Å². The predicted molar refractivity (Wildman–Crippen MR) is 120 cm³/mol. The maximum atomic E-state index is 5.79. The molecule has 3 rings (SSSR count). The Labute approximate surface area is 177 Å². The first-order valence-electron chi connectivity index (χ1n) is 10.5. The molecule has 1 aromatic carbocycles. The summed E-state index contributed by atoms with van der Waals surface area (Å²) in [5.41, 5.74) is 3.56. The standard InChI is InChI=1S/C22H32N4O2S/c1-3-23-22(24-11-4-13-28-20-10-14-27-15-20)25-12-9-19-16-29-21(26-19)18-7-5-17(2)6-8-18/h5-8,16,20H,3-4,9-15H2,1-2H3,(H2,23,24,25). The molecule has 1 aromatic heterocycles. The average molecular weight is 417 g/mol. The molecule has 1 aliphatic rings. The van der Waals surface area contributed by atoms with E-state index in [1.54, 1.807) is 11.3 Å². The van der Waals surface area contributed by atoms with Gasteiger partial charge in [0.1, 0.15) is 5.01 Å². The molecule has 158 valence electrons. The van der Waals surface area contributed by atoms with Crippen molar-refractivity contribution in [3.63, 3.8) is 0 Å². The Kier molecular flexibility index (Phi) is 8.92. The van der Waals surface area contributed by atoms with E-state index >= 15 is 0 Å². The Balaban J connectivity index is 1.38. The largest absolute Gasteiger partial charge is 0.379 e. The molecule has 2 heterocycles. The van der Waals surface area contributed by atoms with Crippen molar-refractivity contribution in [1.82, 2.24) is 15.6 Å². The lowest BCUT2D eigenvalue weighted by atomic mass is 10.2. The maximum Gasteiger partial charge on any atom is 0.191 e. The third-order valence-corrected chi connectivity index (χ3v) is 5.62. The number of nitrogens with one attached hydrogen (secondary N) is 2. The summed E-state index contributed by atoms with van der Waals surface area (Å²) in [4.78, 5) is 9.40. The highest BCUT2D eigenvalue weighted by molar-refractivity contribution is 7.13.